The summed E-state index contributed by atoms with van der Waals surface area (Å²) < 4.78 is 0. The third-order valence-corrected chi connectivity index (χ3v) is 4.93. The van der Waals surface area contributed by atoms with Crippen molar-refractivity contribution in [1.29, 1.82) is 0 Å². The molecule has 5 heteroatoms. The number of para-hydroxylation sites is 4. The van der Waals surface area contributed by atoms with Gasteiger partial charge >= 0.3 is 0 Å². The second kappa shape index (κ2) is 8.55. The Balaban J connectivity index is 1.61. The van der Waals surface area contributed by atoms with Crippen molar-refractivity contribution >= 4 is 34.6 Å². The summed E-state index contributed by atoms with van der Waals surface area (Å²) in [5, 5.41) is 7.74. The highest BCUT2D eigenvalue weighted by Crippen LogP contribution is 2.36. The third-order valence-electron chi connectivity index (χ3n) is 4.93. The van der Waals surface area contributed by atoms with Gasteiger partial charge in [-0.1, -0.05) is 72.8 Å². The van der Waals surface area contributed by atoms with Gasteiger partial charge in [0.1, 0.15) is 0 Å². The number of nitrogens with one attached hydrogen (secondary N) is 1. The van der Waals surface area contributed by atoms with E-state index >= 15 is 0 Å². The molecule has 0 spiro atoms. The highest BCUT2D eigenvalue weighted by molar-refractivity contribution is 5.76. The van der Waals surface area contributed by atoms with Gasteiger partial charge in [0.15, 0.2) is 0 Å². The summed E-state index contributed by atoms with van der Waals surface area (Å²) >= 11 is 0. The zero-order valence-electron chi connectivity index (χ0n) is 16.8. The van der Waals surface area contributed by atoms with Crippen molar-refractivity contribution in [2.45, 2.75) is 0 Å². The number of aromatic amines is 1. The molecule has 1 aromatic heterocycles. The Morgan fingerprint density at radius 3 is 1.19 bits per heavy atom. The molecule has 0 bridgehead atoms. The summed E-state index contributed by atoms with van der Waals surface area (Å²) in [5.41, 5.74) is 3.99. The molecule has 150 valence electrons. The standard InChI is InChI=1S/C26H21N5/c1-5-13-21(14-6-1)30(22-15-7-2-8-16-22)25-27-26(29-28-25)31(23-17-9-3-10-18-23)24-19-11-4-12-20-24/h1-20H,(H,27,28,29). The van der Waals surface area contributed by atoms with Crippen LogP contribution >= 0.6 is 0 Å². The lowest BCUT2D eigenvalue weighted by Gasteiger charge is -2.23. The van der Waals surface area contributed by atoms with Crippen LogP contribution in [-0.2, 0) is 0 Å². The largest absolute Gasteiger partial charge is 0.280 e. The maximum absolute atomic E-state index is 4.90. The normalized spacial score (nSPS) is 10.6. The summed E-state index contributed by atoms with van der Waals surface area (Å²) in [6.45, 7) is 0. The van der Waals surface area contributed by atoms with Gasteiger partial charge in [-0.05, 0) is 48.5 Å². The van der Waals surface area contributed by atoms with Gasteiger partial charge in [0, 0.05) is 22.7 Å². The number of H-pyrrole nitrogens is 1. The van der Waals surface area contributed by atoms with E-state index < -0.39 is 0 Å². The Morgan fingerprint density at radius 2 is 0.806 bits per heavy atom. The Morgan fingerprint density at radius 1 is 0.452 bits per heavy atom. The first-order chi connectivity index (χ1) is 15.4. The number of anilines is 6. The third kappa shape index (κ3) is 3.89. The van der Waals surface area contributed by atoms with Crippen LogP contribution in [-0.4, -0.2) is 15.2 Å². The zero-order valence-corrected chi connectivity index (χ0v) is 16.8. The van der Waals surface area contributed by atoms with E-state index in [1.165, 1.54) is 0 Å². The number of benzene rings is 4. The van der Waals surface area contributed by atoms with Crippen molar-refractivity contribution in [2.24, 2.45) is 0 Å². The molecule has 0 unspecified atom stereocenters. The van der Waals surface area contributed by atoms with E-state index in [-0.39, 0.29) is 0 Å². The SMILES string of the molecule is c1ccc(N(c2ccccc2)c2n[nH]c(N(c3ccccc3)c3ccccc3)n2)cc1. The predicted octanol–water partition coefficient (Wildman–Crippen LogP) is 6.74. The Kier molecular flexibility index (Phi) is 5.14. The van der Waals surface area contributed by atoms with Crippen LogP contribution < -0.4 is 9.80 Å². The van der Waals surface area contributed by atoms with Crippen LogP contribution in [0.5, 0.6) is 0 Å². The second-order valence-electron chi connectivity index (χ2n) is 6.97. The van der Waals surface area contributed by atoms with Crippen molar-refractivity contribution in [1.82, 2.24) is 15.2 Å². The lowest BCUT2D eigenvalue weighted by atomic mass is 10.2. The minimum absolute atomic E-state index is 0.573. The molecule has 0 radical (unpaired) electrons. The molecule has 4 aromatic carbocycles. The van der Waals surface area contributed by atoms with Crippen molar-refractivity contribution in [3.8, 4) is 0 Å². The van der Waals surface area contributed by atoms with E-state index in [1.807, 2.05) is 77.7 Å². The van der Waals surface area contributed by atoms with Crippen molar-refractivity contribution < 1.29 is 0 Å². The van der Waals surface area contributed by atoms with Gasteiger partial charge in [-0.2, -0.15) is 4.98 Å². The van der Waals surface area contributed by atoms with Crippen LogP contribution in [0.4, 0.5) is 34.6 Å². The van der Waals surface area contributed by atoms with E-state index in [2.05, 4.69) is 63.6 Å². The molecule has 0 saturated carbocycles. The van der Waals surface area contributed by atoms with E-state index in [9.17, 15) is 0 Å². The fourth-order valence-electron chi connectivity index (χ4n) is 3.53. The van der Waals surface area contributed by atoms with Gasteiger partial charge in [0.2, 0.25) is 5.95 Å². The average molecular weight is 403 g/mol. The molecular weight excluding hydrogens is 382 g/mol. The van der Waals surface area contributed by atoms with Crippen LogP contribution in [0.1, 0.15) is 0 Å². The monoisotopic (exact) mass is 403 g/mol. The number of hydrogen-bond acceptors (Lipinski definition) is 4. The molecule has 5 nitrogen and oxygen atoms in total. The molecule has 0 aliphatic rings. The van der Waals surface area contributed by atoms with Crippen molar-refractivity contribution in [3.05, 3.63) is 121 Å². The molecule has 1 heterocycles. The Bertz CT molecular complexity index is 1050. The highest BCUT2D eigenvalue weighted by atomic mass is 15.4. The molecule has 0 amide bonds. The van der Waals surface area contributed by atoms with Crippen LogP contribution in [0.15, 0.2) is 121 Å². The minimum atomic E-state index is 0.573. The number of hydrogen-bond donors (Lipinski definition) is 1. The highest BCUT2D eigenvalue weighted by Gasteiger charge is 2.21. The van der Waals surface area contributed by atoms with E-state index in [0.29, 0.717) is 11.9 Å². The molecular formula is C26H21N5. The minimum Gasteiger partial charge on any atom is -0.280 e. The van der Waals surface area contributed by atoms with E-state index in [4.69, 9.17) is 4.98 Å². The summed E-state index contributed by atoms with van der Waals surface area (Å²) in [7, 11) is 0. The van der Waals surface area contributed by atoms with Gasteiger partial charge in [-0.3, -0.25) is 9.80 Å². The Labute approximate surface area is 181 Å². The average Bonchev–Trinajstić information content (AvgIpc) is 3.31. The number of aromatic nitrogens is 3. The van der Waals surface area contributed by atoms with Gasteiger partial charge in [0.05, 0.1) is 0 Å². The van der Waals surface area contributed by atoms with Gasteiger partial charge in [-0.15, -0.1) is 5.10 Å². The topological polar surface area (TPSA) is 48.1 Å². The molecule has 0 atom stereocenters. The fraction of sp³-hybridized carbons (Fsp3) is 0. The van der Waals surface area contributed by atoms with Crippen LogP contribution in [0, 0.1) is 0 Å². The maximum atomic E-state index is 4.90. The second-order valence-corrected chi connectivity index (χ2v) is 6.97. The number of nitrogens with zero attached hydrogens (tertiary/aromatic N) is 4. The van der Waals surface area contributed by atoms with Crippen molar-refractivity contribution in [3.63, 3.8) is 0 Å². The van der Waals surface area contributed by atoms with Gasteiger partial charge in [-0.25, -0.2) is 5.10 Å². The molecule has 31 heavy (non-hydrogen) atoms. The van der Waals surface area contributed by atoms with Gasteiger partial charge in [0.25, 0.3) is 5.95 Å². The molecule has 0 fully saturated rings. The fourth-order valence-corrected chi connectivity index (χ4v) is 3.53. The van der Waals surface area contributed by atoms with Crippen LogP contribution in [0.25, 0.3) is 0 Å². The quantitative estimate of drug-likeness (QED) is 0.341. The van der Waals surface area contributed by atoms with E-state index in [1.54, 1.807) is 0 Å². The molecule has 0 aliphatic heterocycles. The van der Waals surface area contributed by atoms with Crippen LogP contribution in [0.2, 0.25) is 0 Å². The maximum Gasteiger partial charge on any atom is 0.255 e. The zero-order chi connectivity index (χ0) is 20.9. The first-order valence-corrected chi connectivity index (χ1v) is 10.1. The van der Waals surface area contributed by atoms with Crippen LogP contribution in [0.3, 0.4) is 0 Å². The summed E-state index contributed by atoms with van der Waals surface area (Å²) in [5.74, 6) is 1.22. The summed E-state index contributed by atoms with van der Waals surface area (Å²) in [4.78, 5) is 9.00. The van der Waals surface area contributed by atoms with E-state index in [0.717, 1.165) is 22.7 Å². The lowest BCUT2D eigenvalue weighted by molar-refractivity contribution is 1.04. The molecule has 0 saturated heterocycles. The molecule has 0 aliphatic carbocycles. The molecule has 5 rings (SSSR count). The first kappa shape index (κ1) is 18.6. The predicted molar refractivity (Wildman–Crippen MR) is 126 cm³/mol. The lowest BCUT2D eigenvalue weighted by Crippen LogP contribution is -2.13. The van der Waals surface area contributed by atoms with Crippen molar-refractivity contribution in [2.75, 3.05) is 9.80 Å². The Hall–Kier alpha value is -4.38. The summed E-state index contributed by atoms with van der Waals surface area (Å²) in [6.07, 6.45) is 0. The molecule has 5 aromatic rings. The summed E-state index contributed by atoms with van der Waals surface area (Å²) in [6, 6.07) is 40.6. The smallest absolute Gasteiger partial charge is 0.255 e. The van der Waals surface area contributed by atoms with Gasteiger partial charge < -0.3 is 0 Å². The molecule has 1 N–H and O–H groups in total. The first-order valence-electron chi connectivity index (χ1n) is 10.1. The number of rotatable bonds is 6.